The van der Waals surface area contributed by atoms with E-state index in [1.165, 1.54) is 0 Å². The van der Waals surface area contributed by atoms with E-state index in [0.29, 0.717) is 29.8 Å². The molecule has 3 aromatic rings. The number of rotatable bonds is 7. The van der Waals surface area contributed by atoms with Crippen LogP contribution >= 0.6 is 0 Å². The number of aromatic amines is 1. The Morgan fingerprint density at radius 1 is 1.14 bits per heavy atom. The second kappa shape index (κ2) is 9.01. The minimum atomic E-state index is -0.358. The van der Waals surface area contributed by atoms with Crippen LogP contribution < -0.4 is 10.9 Å². The summed E-state index contributed by atoms with van der Waals surface area (Å²) in [6.07, 6.45) is 0. The summed E-state index contributed by atoms with van der Waals surface area (Å²) in [5, 5.41) is 3.67. The van der Waals surface area contributed by atoms with Crippen LogP contribution in [0, 0.1) is 6.92 Å². The molecule has 0 aliphatic heterocycles. The molecule has 2 atom stereocenters. The first kappa shape index (κ1) is 20.7. The van der Waals surface area contributed by atoms with E-state index in [4.69, 9.17) is 0 Å². The van der Waals surface area contributed by atoms with Crippen molar-refractivity contribution in [3.63, 3.8) is 0 Å². The minimum absolute atomic E-state index is 0.0502. The van der Waals surface area contributed by atoms with Crippen molar-refractivity contribution in [2.24, 2.45) is 0 Å². The largest absolute Gasteiger partial charge is 0.348 e. The van der Waals surface area contributed by atoms with Crippen molar-refractivity contribution < 1.29 is 4.79 Å². The summed E-state index contributed by atoms with van der Waals surface area (Å²) >= 11 is 0. The number of hydrogen-bond acceptors (Lipinski definition) is 4. The zero-order chi connectivity index (χ0) is 21.0. The summed E-state index contributed by atoms with van der Waals surface area (Å²) in [6, 6.07) is 14.9. The highest BCUT2D eigenvalue weighted by Gasteiger charge is 2.23. The number of H-pyrrole nitrogens is 1. The van der Waals surface area contributed by atoms with Gasteiger partial charge in [-0.25, -0.2) is 4.98 Å². The highest BCUT2D eigenvalue weighted by atomic mass is 16.2. The van der Waals surface area contributed by atoms with E-state index in [2.05, 4.69) is 15.3 Å². The molecule has 0 bridgehead atoms. The predicted molar refractivity (Wildman–Crippen MR) is 116 cm³/mol. The van der Waals surface area contributed by atoms with Crippen molar-refractivity contribution in [1.82, 2.24) is 20.2 Å². The Morgan fingerprint density at radius 3 is 2.55 bits per heavy atom. The van der Waals surface area contributed by atoms with Gasteiger partial charge in [-0.3, -0.25) is 14.5 Å². The Hall–Kier alpha value is -2.99. The van der Waals surface area contributed by atoms with Gasteiger partial charge in [0.2, 0.25) is 5.91 Å². The third-order valence-corrected chi connectivity index (χ3v) is 5.36. The Bertz CT molecular complexity index is 1060. The molecular formula is C23H28N4O2. The van der Waals surface area contributed by atoms with E-state index in [1.807, 2.05) is 75.1 Å². The normalized spacial score (nSPS) is 13.4. The van der Waals surface area contributed by atoms with Gasteiger partial charge in [0.15, 0.2) is 0 Å². The lowest BCUT2D eigenvalue weighted by molar-refractivity contribution is -0.126. The van der Waals surface area contributed by atoms with Crippen molar-refractivity contribution in [2.75, 3.05) is 6.54 Å². The van der Waals surface area contributed by atoms with Crippen LogP contribution in [-0.2, 0) is 11.3 Å². The fourth-order valence-electron chi connectivity index (χ4n) is 3.57. The summed E-state index contributed by atoms with van der Waals surface area (Å²) in [7, 11) is 0. The van der Waals surface area contributed by atoms with E-state index >= 15 is 0 Å². The van der Waals surface area contributed by atoms with Gasteiger partial charge in [-0.1, -0.05) is 43.3 Å². The fraction of sp³-hybridized carbons (Fsp3) is 0.348. The monoisotopic (exact) mass is 392 g/mol. The molecule has 1 aromatic heterocycles. The molecule has 1 heterocycles. The number of para-hydroxylation sites is 1. The number of carbonyl (C=O) groups excluding carboxylic acids is 1. The van der Waals surface area contributed by atoms with E-state index in [9.17, 15) is 9.59 Å². The van der Waals surface area contributed by atoms with Gasteiger partial charge < -0.3 is 10.3 Å². The van der Waals surface area contributed by atoms with Crippen LogP contribution in [0.4, 0.5) is 0 Å². The van der Waals surface area contributed by atoms with Crippen LogP contribution in [0.15, 0.2) is 53.3 Å². The van der Waals surface area contributed by atoms with E-state index in [0.717, 1.165) is 11.1 Å². The summed E-state index contributed by atoms with van der Waals surface area (Å²) in [4.78, 5) is 34.6. The molecular weight excluding hydrogens is 364 g/mol. The number of fused-ring (bicyclic) bond motifs is 1. The topological polar surface area (TPSA) is 78.1 Å². The third kappa shape index (κ3) is 4.71. The molecule has 29 heavy (non-hydrogen) atoms. The summed E-state index contributed by atoms with van der Waals surface area (Å²) in [6.45, 7) is 8.96. The second-order valence-electron chi connectivity index (χ2n) is 7.36. The highest BCUT2D eigenvalue weighted by molar-refractivity contribution is 5.81. The van der Waals surface area contributed by atoms with E-state index < -0.39 is 0 Å². The number of likely N-dealkylation sites (N-methyl/N-ethyl adjacent to an activating group) is 1. The average Bonchev–Trinajstić information content (AvgIpc) is 2.71. The molecule has 6 heteroatoms. The zero-order valence-electron chi connectivity index (χ0n) is 17.4. The number of nitrogens with zero attached hydrogens (tertiary/aromatic N) is 2. The maximum absolute atomic E-state index is 12.9. The molecule has 0 aliphatic rings. The van der Waals surface area contributed by atoms with Gasteiger partial charge in [0.1, 0.15) is 5.82 Å². The molecule has 6 nitrogen and oxygen atoms in total. The molecule has 3 rings (SSSR count). The Morgan fingerprint density at radius 2 is 1.83 bits per heavy atom. The molecule has 0 saturated carbocycles. The van der Waals surface area contributed by atoms with Crippen LogP contribution in [0.5, 0.6) is 0 Å². The molecule has 152 valence electrons. The fourth-order valence-corrected chi connectivity index (χ4v) is 3.57. The van der Waals surface area contributed by atoms with Crippen molar-refractivity contribution in [3.8, 4) is 0 Å². The van der Waals surface area contributed by atoms with Gasteiger partial charge in [-0.2, -0.15) is 0 Å². The van der Waals surface area contributed by atoms with Crippen LogP contribution in [0.2, 0.25) is 0 Å². The maximum Gasteiger partial charge on any atom is 0.258 e. The summed E-state index contributed by atoms with van der Waals surface area (Å²) in [5.41, 5.74) is 2.76. The number of benzene rings is 2. The van der Waals surface area contributed by atoms with Gasteiger partial charge in [-0.05, 0) is 50.6 Å². The molecule has 2 unspecified atom stereocenters. The summed E-state index contributed by atoms with van der Waals surface area (Å²) < 4.78 is 0. The van der Waals surface area contributed by atoms with Gasteiger partial charge in [0, 0.05) is 0 Å². The Kier molecular flexibility index (Phi) is 6.44. The van der Waals surface area contributed by atoms with E-state index in [-0.39, 0.29) is 23.6 Å². The number of carbonyl (C=O) groups is 1. The smallest absolute Gasteiger partial charge is 0.258 e. The highest BCUT2D eigenvalue weighted by Crippen LogP contribution is 2.17. The minimum Gasteiger partial charge on any atom is -0.348 e. The maximum atomic E-state index is 12.9. The lowest BCUT2D eigenvalue weighted by Crippen LogP contribution is -2.45. The van der Waals surface area contributed by atoms with Gasteiger partial charge in [0.05, 0.1) is 29.5 Å². The second-order valence-corrected chi connectivity index (χ2v) is 7.36. The molecule has 2 aromatic carbocycles. The lowest BCUT2D eigenvalue weighted by Gasteiger charge is -2.28. The molecule has 0 aliphatic carbocycles. The quantitative estimate of drug-likeness (QED) is 0.647. The van der Waals surface area contributed by atoms with Crippen LogP contribution in [-0.4, -0.2) is 33.4 Å². The Labute approximate surface area is 171 Å². The predicted octanol–water partition coefficient (Wildman–Crippen LogP) is 3.32. The van der Waals surface area contributed by atoms with Crippen molar-refractivity contribution in [1.29, 1.82) is 0 Å². The lowest BCUT2D eigenvalue weighted by atomic mass is 10.0. The van der Waals surface area contributed by atoms with Crippen molar-refractivity contribution in [3.05, 3.63) is 75.8 Å². The molecule has 2 N–H and O–H groups in total. The van der Waals surface area contributed by atoms with Gasteiger partial charge in [0.25, 0.3) is 5.56 Å². The number of aromatic nitrogens is 2. The summed E-state index contributed by atoms with van der Waals surface area (Å²) in [5.74, 6) is 0.507. The van der Waals surface area contributed by atoms with Crippen LogP contribution in [0.1, 0.15) is 43.8 Å². The van der Waals surface area contributed by atoms with Gasteiger partial charge >= 0.3 is 0 Å². The Balaban J connectivity index is 1.73. The number of nitrogens with one attached hydrogen (secondary N) is 2. The standard InChI is InChI=1S/C23H28N4O2/c1-5-27(14-21-25-20-13-9-8-12-19(20)23(29)26-21)17(4)22(28)24-16(3)18-11-7-6-10-15(18)2/h6-13,16-17H,5,14H2,1-4H3,(H,24,28)(H,25,26,29). The van der Waals surface area contributed by atoms with E-state index in [1.54, 1.807) is 6.07 Å². The van der Waals surface area contributed by atoms with Crippen molar-refractivity contribution >= 4 is 16.8 Å². The molecule has 0 spiro atoms. The SMILES string of the molecule is CCN(Cc1nc2ccccc2c(=O)[nH]1)C(C)C(=O)NC(C)c1ccccc1C. The zero-order valence-corrected chi connectivity index (χ0v) is 17.4. The van der Waals surface area contributed by atoms with Gasteiger partial charge in [-0.15, -0.1) is 0 Å². The van der Waals surface area contributed by atoms with Crippen LogP contribution in [0.3, 0.4) is 0 Å². The number of aryl methyl sites for hydroxylation is 1. The number of hydrogen-bond donors (Lipinski definition) is 2. The third-order valence-electron chi connectivity index (χ3n) is 5.36. The molecule has 0 radical (unpaired) electrons. The molecule has 1 amide bonds. The first-order chi connectivity index (χ1) is 13.9. The van der Waals surface area contributed by atoms with Crippen LogP contribution in [0.25, 0.3) is 10.9 Å². The molecule has 0 fully saturated rings. The number of amides is 1. The van der Waals surface area contributed by atoms with Crippen molar-refractivity contribution in [2.45, 2.75) is 46.3 Å². The first-order valence-corrected chi connectivity index (χ1v) is 9.98. The first-order valence-electron chi connectivity index (χ1n) is 9.98. The average molecular weight is 393 g/mol. The molecule has 0 saturated heterocycles.